The minimum atomic E-state index is -0.208. The van der Waals surface area contributed by atoms with Gasteiger partial charge in [0, 0.05) is 26.6 Å². The molecule has 1 aromatic rings. The molecule has 17 heavy (non-hydrogen) atoms. The van der Waals surface area contributed by atoms with Crippen LogP contribution in [0, 0.1) is 0 Å². The predicted octanol–water partition coefficient (Wildman–Crippen LogP) is 2.12. The Balaban J connectivity index is 2.63. The number of aryl methyl sites for hydroxylation is 1. The summed E-state index contributed by atoms with van der Waals surface area (Å²) in [5.74, 6) is 0.0649. The number of hydrogen-bond donors (Lipinski definition) is 1. The van der Waals surface area contributed by atoms with Gasteiger partial charge in [0.15, 0.2) is 0 Å². The molecule has 0 bridgehead atoms. The molecule has 0 aliphatic rings. The van der Waals surface area contributed by atoms with Crippen LogP contribution in [0.15, 0.2) is 24.3 Å². The molecule has 0 spiro atoms. The van der Waals surface area contributed by atoms with Crippen LogP contribution in [0.5, 0.6) is 0 Å². The molecule has 0 aromatic heterocycles. The Kier molecular flexibility index (Phi) is 5.16. The molecular formula is C14H22N2O. The molecule has 0 fully saturated rings. The first-order chi connectivity index (χ1) is 8.04. The zero-order valence-corrected chi connectivity index (χ0v) is 10.9. The Bertz CT molecular complexity index is 357. The quantitative estimate of drug-likeness (QED) is 0.848. The first-order valence-electron chi connectivity index (χ1n) is 6.09. The third-order valence-corrected chi connectivity index (χ3v) is 2.84. The summed E-state index contributed by atoms with van der Waals surface area (Å²) in [6, 6.07) is 8.04. The number of carbonyl (C=O) groups is 1. The van der Waals surface area contributed by atoms with Crippen LogP contribution >= 0.6 is 0 Å². The highest BCUT2D eigenvalue weighted by Gasteiger charge is 2.12. The van der Waals surface area contributed by atoms with Gasteiger partial charge in [0.05, 0.1) is 0 Å². The Hall–Kier alpha value is -1.35. The van der Waals surface area contributed by atoms with E-state index in [2.05, 4.69) is 19.1 Å². The van der Waals surface area contributed by atoms with Gasteiger partial charge < -0.3 is 10.6 Å². The second-order valence-electron chi connectivity index (χ2n) is 4.59. The average Bonchev–Trinajstić information content (AvgIpc) is 2.30. The Labute approximate surface area is 104 Å². The lowest BCUT2D eigenvalue weighted by molar-refractivity contribution is -0.129. The number of nitrogens with zero attached hydrogens (tertiary/aromatic N) is 1. The molecule has 0 radical (unpaired) electrons. The van der Waals surface area contributed by atoms with E-state index in [1.165, 1.54) is 5.56 Å². The summed E-state index contributed by atoms with van der Waals surface area (Å²) in [5, 5.41) is 0. The second-order valence-corrected chi connectivity index (χ2v) is 4.59. The van der Waals surface area contributed by atoms with E-state index in [1.54, 1.807) is 19.0 Å². The molecule has 94 valence electrons. The number of amides is 1. The first-order valence-corrected chi connectivity index (χ1v) is 6.09. The summed E-state index contributed by atoms with van der Waals surface area (Å²) in [6.07, 6.45) is 2.59. The normalized spacial score (nSPS) is 12.2. The maximum atomic E-state index is 11.5. The Morgan fingerprint density at radius 2 is 1.88 bits per heavy atom. The fourth-order valence-electron chi connectivity index (χ4n) is 1.71. The van der Waals surface area contributed by atoms with Gasteiger partial charge in [-0.2, -0.15) is 0 Å². The van der Waals surface area contributed by atoms with Gasteiger partial charge in [0.1, 0.15) is 0 Å². The molecule has 1 rings (SSSR count). The highest BCUT2D eigenvalue weighted by atomic mass is 16.2. The van der Waals surface area contributed by atoms with Crippen LogP contribution in [0.1, 0.15) is 36.9 Å². The molecule has 0 aliphatic heterocycles. The van der Waals surface area contributed by atoms with Crippen LogP contribution in [-0.4, -0.2) is 24.9 Å². The maximum Gasteiger partial charge on any atom is 0.223 e. The van der Waals surface area contributed by atoms with Crippen LogP contribution in [0.3, 0.4) is 0 Å². The van der Waals surface area contributed by atoms with Crippen molar-refractivity contribution < 1.29 is 4.79 Å². The number of nitrogens with two attached hydrogens (primary N) is 1. The van der Waals surface area contributed by atoms with Gasteiger partial charge in [-0.15, -0.1) is 0 Å². The number of rotatable bonds is 5. The van der Waals surface area contributed by atoms with Crippen LogP contribution in [0.25, 0.3) is 0 Å². The van der Waals surface area contributed by atoms with Crippen molar-refractivity contribution in [3.63, 3.8) is 0 Å². The SMILES string of the molecule is CCCc1ccc(C(N)CC(=O)N(C)C)cc1. The molecule has 1 aromatic carbocycles. The summed E-state index contributed by atoms with van der Waals surface area (Å²) in [4.78, 5) is 13.1. The van der Waals surface area contributed by atoms with Crippen LogP contribution in [0.2, 0.25) is 0 Å². The zero-order valence-electron chi connectivity index (χ0n) is 10.9. The topological polar surface area (TPSA) is 46.3 Å². The van der Waals surface area contributed by atoms with Gasteiger partial charge in [-0.3, -0.25) is 4.79 Å². The van der Waals surface area contributed by atoms with Crippen molar-refractivity contribution in [1.82, 2.24) is 4.90 Å². The lowest BCUT2D eigenvalue weighted by Crippen LogP contribution is -2.26. The van der Waals surface area contributed by atoms with Gasteiger partial charge in [-0.05, 0) is 17.5 Å². The van der Waals surface area contributed by atoms with Crippen molar-refractivity contribution in [2.75, 3.05) is 14.1 Å². The third kappa shape index (κ3) is 4.19. The van der Waals surface area contributed by atoms with E-state index in [4.69, 9.17) is 5.73 Å². The van der Waals surface area contributed by atoms with Crippen LogP contribution in [-0.2, 0) is 11.2 Å². The summed E-state index contributed by atoms with van der Waals surface area (Å²) in [6.45, 7) is 2.16. The first kappa shape index (κ1) is 13.7. The minimum absolute atomic E-state index is 0.0649. The lowest BCUT2D eigenvalue weighted by Gasteiger charge is -2.15. The molecule has 0 aliphatic carbocycles. The number of hydrogen-bond acceptors (Lipinski definition) is 2. The summed E-state index contributed by atoms with van der Waals surface area (Å²) >= 11 is 0. The molecule has 1 atom stereocenters. The average molecular weight is 234 g/mol. The summed E-state index contributed by atoms with van der Waals surface area (Å²) in [7, 11) is 3.50. The fourth-order valence-corrected chi connectivity index (χ4v) is 1.71. The summed E-state index contributed by atoms with van der Waals surface area (Å²) < 4.78 is 0. The van der Waals surface area contributed by atoms with Crippen molar-refractivity contribution in [1.29, 1.82) is 0 Å². The van der Waals surface area contributed by atoms with Crippen molar-refractivity contribution >= 4 is 5.91 Å². The minimum Gasteiger partial charge on any atom is -0.349 e. The third-order valence-electron chi connectivity index (χ3n) is 2.84. The van der Waals surface area contributed by atoms with Crippen molar-refractivity contribution in [3.05, 3.63) is 35.4 Å². The van der Waals surface area contributed by atoms with E-state index in [9.17, 15) is 4.79 Å². The van der Waals surface area contributed by atoms with E-state index in [0.29, 0.717) is 6.42 Å². The highest BCUT2D eigenvalue weighted by Crippen LogP contribution is 2.16. The summed E-state index contributed by atoms with van der Waals surface area (Å²) in [5.41, 5.74) is 8.36. The van der Waals surface area contributed by atoms with Gasteiger partial charge in [0.25, 0.3) is 0 Å². The van der Waals surface area contributed by atoms with Gasteiger partial charge in [0.2, 0.25) is 5.91 Å². The van der Waals surface area contributed by atoms with E-state index in [1.807, 2.05) is 12.1 Å². The number of carbonyl (C=O) groups excluding carboxylic acids is 1. The predicted molar refractivity (Wildman–Crippen MR) is 70.7 cm³/mol. The van der Waals surface area contributed by atoms with Crippen molar-refractivity contribution in [2.24, 2.45) is 5.73 Å². The molecule has 2 N–H and O–H groups in total. The monoisotopic (exact) mass is 234 g/mol. The smallest absolute Gasteiger partial charge is 0.223 e. The lowest BCUT2D eigenvalue weighted by atomic mass is 10.0. The van der Waals surface area contributed by atoms with Crippen molar-refractivity contribution in [2.45, 2.75) is 32.2 Å². The van der Waals surface area contributed by atoms with Gasteiger partial charge in [-0.25, -0.2) is 0 Å². The highest BCUT2D eigenvalue weighted by molar-refractivity contribution is 5.76. The second kappa shape index (κ2) is 6.40. The molecule has 1 amide bonds. The van der Waals surface area contributed by atoms with Gasteiger partial charge in [-0.1, -0.05) is 37.6 Å². The van der Waals surface area contributed by atoms with Crippen LogP contribution in [0.4, 0.5) is 0 Å². The number of benzene rings is 1. The Morgan fingerprint density at radius 1 is 1.29 bits per heavy atom. The zero-order chi connectivity index (χ0) is 12.8. The van der Waals surface area contributed by atoms with E-state index in [-0.39, 0.29) is 11.9 Å². The fraction of sp³-hybridized carbons (Fsp3) is 0.500. The van der Waals surface area contributed by atoms with E-state index in [0.717, 1.165) is 18.4 Å². The molecule has 0 saturated carbocycles. The van der Waals surface area contributed by atoms with Crippen LogP contribution < -0.4 is 5.73 Å². The molecule has 0 saturated heterocycles. The van der Waals surface area contributed by atoms with E-state index >= 15 is 0 Å². The largest absolute Gasteiger partial charge is 0.349 e. The Morgan fingerprint density at radius 3 is 2.35 bits per heavy atom. The maximum absolute atomic E-state index is 11.5. The molecular weight excluding hydrogens is 212 g/mol. The molecule has 3 heteroatoms. The van der Waals surface area contributed by atoms with E-state index < -0.39 is 0 Å². The molecule has 0 heterocycles. The standard InChI is InChI=1S/C14H22N2O/c1-4-5-11-6-8-12(9-7-11)13(15)10-14(17)16(2)3/h6-9,13H,4-5,10,15H2,1-3H3. The van der Waals surface area contributed by atoms with Crippen molar-refractivity contribution in [3.8, 4) is 0 Å². The molecule has 3 nitrogen and oxygen atoms in total. The molecule has 1 unspecified atom stereocenters. The van der Waals surface area contributed by atoms with Gasteiger partial charge >= 0.3 is 0 Å².